The van der Waals surface area contributed by atoms with E-state index in [1.165, 1.54) is 0 Å². The molecule has 9 nitrogen and oxygen atoms in total. The van der Waals surface area contributed by atoms with Gasteiger partial charge in [0.1, 0.15) is 17.2 Å². The zero-order valence-electron chi connectivity index (χ0n) is 17.5. The van der Waals surface area contributed by atoms with Gasteiger partial charge >= 0.3 is 0 Å². The Morgan fingerprint density at radius 3 is 2.90 bits per heavy atom. The second-order valence-corrected chi connectivity index (χ2v) is 8.06. The van der Waals surface area contributed by atoms with Gasteiger partial charge in [0.25, 0.3) is 5.91 Å². The Balaban J connectivity index is 1.37. The van der Waals surface area contributed by atoms with Gasteiger partial charge in [-0.05, 0) is 50.8 Å². The number of H-pyrrole nitrogens is 1. The summed E-state index contributed by atoms with van der Waals surface area (Å²) in [5, 5.41) is 7.59. The molecular formula is C21H26N6O3. The Hall–Kier alpha value is -3.23. The predicted octanol–water partition coefficient (Wildman–Crippen LogP) is 2.46. The van der Waals surface area contributed by atoms with Crippen LogP contribution in [0.15, 0.2) is 22.8 Å². The van der Waals surface area contributed by atoms with E-state index in [0.29, 0.717) is 43.0 Å². The number of fused-ring (bicyclic) bond motifs is 1. The van der Waals surface area contributed by atoms with Crippen LogP contribution in [0.4, 0.5) is 0 Å². The molecule has 1 N–H and O–H groups in total. The molecule has 1 fully saturated rings. The van der Waals surface area contributed by atoms with Crippen LogP contribution >= 0.6 is 0 Å². The monoisotopic (exact) mass is 410 g/mol. The number of imidazole rings is 1. The number of aryl methyl sites for hydroxylation is 2. The fourth-order valence-corrected chi connectivity index (χ4v) is 3.98. The lowest BCUT2D eigenvalue weighted by molar-refractivity contribution is -0.131. The molecule has 3 heterocycles. The topological polar surface area (TPSA) is 108 Å². The van der Waals surface area contributed by atoms with Gasteiger partial charge in [-0.25, -0.2) is 9.61 Å². The lowest BCUT2D eigenvalue weighted by Gasteiger charge is -2.33. The molecule has 0 aliphatic carbocycles. The van der Waals surface area contributed by atoms with Crippen LogP contribution in [-0.2, 0) is 11.3 Å². The van der Waals surface area contributed by atoms with Crippen molar-refractivity contribution in [3.63, 3.8) is 0 Å². The van der Waals surface area contributed by atoms with Crippen molar-refractivity contribution in [3.8, 4) is 0 Å². The van der Waals surface area contributed by atoms with E-state index in [0.717, 1.165) is 29.7 Å². The highest BCUT2D eigenvalue weighted by Crippen LogP contribution is 2.23. The highest BCUT2D eigenvalue weighted by Gasteiger charge is 2.27. The highest BCUT2D eigenvalue weighted by atomic mass is 16.6. The molecule has 4 rings (SSSR count). The minimum atomic E-state index is -0.000970. The first-order chi connectivity index (χ1) is 14.4. The van der Waals surface area contributed by atoms with Crippen LogP contribution in [0.1, 0.15) is 46.8 Å². The highest BCUT2D eigenvalue weighted by molar-refractivity contribution is 5.97. The number of carbonyl (C=O) groups excluding carboxylic acids is 2. The second-order valence-electron chi connectivity index (χ2n) is 8.06. The van der Waals surface area contributed by atoms with Gasteiger partial charge in [-0.1, -0.05) is 10.3 Å². The van der Waals surface area contributed by atoms with Gasteiger partial charge in [-0.2, -0.15) is 0 Å². The van der Waals surface area contributed by atoms with Gasteiger partial charge in [0.15, 0.2) is 0 Å². The maximum atomic E-state index is 13.0. The van der Waals surface area contributed by atoms with E-state index >= 15 is 0 Å². The van der Waals surface area contributed by atoms with Crippen LogP contribution in [0.3, 0.4) is 0 Å². The Labute approximate surface area is 174 Å². The standard InChI is InChI=1S/C21H26N6O3/c1-13-19(25-30-24-13)12-26(3)20(28)9-15-5-4-8-27(11-15)21(29)16-6-7-17-18(10-16)23-14(2)22-17/h6-7,10,15H,4-5,8-9,11-12H2,1-3H3,(H,22,23)/t15-/m1/s1. The van der Waals surface area contributed by atoms with Crippen molar-refractivity contribution in [1.29, 1.82) is 0 Å². The molecule has 1 aliphatic heterocycles. The summed E-state index contributed by atoms with van der Waals surface area (Å²) in [6, 6.07) is 5.54. The van der Waals surface area contributed by atoms with Crippen LogP contribution in [-0.4, -0.2) is 62.0 Å². The van der Waals surface area contributed by atoms with Crippen molar-refractivity contribution < 1.29 is 14.2 Å². The summed E-state index contributed by atoms with van der Waals surface area (Å²) in [5.74, 6) is 1.00. The number of hydrogen-bond donors (Lipinski definition) is 1. The number of hydrogen-bond acceptors (Lipinski definition) is 6. The second kappa shape index (κ2) is 8.25. The maximum absolute atomic E-state index is 13.0. The molecule has 1 saturated heterocycles. The first kappa shape index (κ1) is 20.1. The molecular weight excluding hydrogens is 384 g/mol. The van der Waals surface area contributed by atoms with Crippen LogP contribution in [0.2, 0.25) is 0 Å². The van der Waals surface area contributed by atoms with Crippen LogP contribution in [0, 0.1) is 19.8 Å². The van der Waals surface area contributed by atoms with Gasteiger partial charge in [0, 0.05) is 32.1 Å². The third-order valence-corrected chi connectivity index (χ3v) is 5.68. The Kier molecular flexibility index (Phi) is 5.52. The quantitative estimate of drug-likeness (QED) is 0.692. The largest absolute Gasteiger partial charge is 0.342 e. The molecule has 0 radical (unpaired) electrons. The summed E-state index contributed by atoms with van der Waals surface area (Å²) < 4.78 is 4.70. The molecule has 0 bridgehead atoms. The molecule has 9 heteroatoms. The Morgan fingerprint density at radius 1 is 1.30 bits per heavy atom. The Morgan fingerprint density at radius 2 is 2.13 bits per heavy atom. The number of benzene rings is 1. The number of aromatic nitrogens is 4. The van der Waals surface area contributed by atoms with Gasteiger partial charge < -0.3 is 14.8 Å². The number of aromatic amines is 1. The van der Waals surface area contributed by atoms with E-state index < -0.39 is 0 Å². The molecule has 0 saturated carbocycles. The number of likely N-dealkylation sites (tertiary alicyclic amines) is 1. The van der Waals surface area contributed by atoms with Crippen molar-refractivity contribution in [2.75, 3.05) is 20.1 Å². The molecule has 1 atom stereocenters. The van der Waals surface area contributed by atoms with Crippen LogP contribution in [0.5, 0.6) is 0 Å². The normalized spacial score (nSPS) is 16.8. The first-order valence-electron chi connectivity index (χ1n) is 10.2. The zero-order chi connectivity index (χ0) is 21.3. The lowest BCUT2D eigenvalue weighted by Crippen LogP contribution is -2.41. The molecule has 2 aromatic heterocycles. The van der Waals surface area contributed by atoms with E-state index in [4.69, 9.17) is 4.63 Å². The summed E-state index contributed by atoms with van der Waals surface area (Å²) in [6.07, 6.45) is 2.24. The smallest absolute Gasteiger partial charge is 0.253 e. The van der Waals surface area contributed by atoms with E-state index in [1.54, 1.807) is 18.9 Å². The van der Waals surface area contributed by atoms with Crippen molar-refractivity contribution >= 4 is 22.8 Å². The number of piperidine rings is 1. The number of nitrogens with zero attached hydrogens (tertiary/aromatic N) is 5. The van der Waals surface area contributed by atoms with Crippen molar-refractivity contribution in [2.24, 2.45) is 5.92 Å². The molecule has 158 valence electrons. The maximum Gasteiger partial charge on any atom is 0.253 e. The van der Waals surface area contributed by atoms with Gasteiger partial charge in [0.2, 0.25) is 5.91 Å². The minimum Gasteiger partial charge on any atom is -0.342 e. The summed E-state index contributed by atoms with van der Waals surface area (Å²) >= 11 is 0. The van der Waals surface area contributed by atoms with E-state index in [9.17, 15) is 9.59 Å². The third kappa shape index (κ3) is 4.19. The zero-order valence-corrected chi connectivity index (χ0v) is 17.5. The molecule has 30 heavy (non-hydrogen) atoms. The van der Waals surface area contributed by atoms with Crippen LogP contribution in [0.25, 0.3) is 11.0 Å². The van der Waals surface area contributed by atoms with Crippen molar-refractivity contribution in [2.45, 2.75) is 39.7 Å². The van der Waals surface area contributed by atoms with E-state index in [2.05, 4.69) is 20.3 Å². The van der Waals surface area contributed by atoms with Gasteiger partial charge in [-0.3, -0.25) is 9.59 Å². The van der Waals surface area contributed by atoms with Crippen LogP contribution < -0.4 is 0 Å². The lowest BCUT2D eigenvalue weighted by atomic mass is 9.93. The molecule has 1 aromatic carbocycles. The van der Waals surface area contributed by atoms with Crippen molar-refractivity contribution in [1.82, 2.24) is 30.1 Å². The first-order valence-corrected chi connectivity index (χ1v) is 10.2. The molecule has 0 spiro atoms. The SMILES string of the molecule is Cc1nc2ccc(C(=O)N3CCC[C@H](CC(=O)N(C)Cc4nonc4C)C3)cc2[nH]1. The molecule has 1 aliphatic rings. The minimum absolute atomic E-state index is 0.000970. The van der Waals surface area contributed by atoms with E-state index in [1.807, 2.05) is 30.0 Å². The summed E-state index contributed by atoms with van der Waals surface area (Å²) in [6.45, 7) is 5.36. The summed E-state index contributed by atoms with van der Waals surface area (Å²) in [5.41, 5.74) is 3.71. The molecule has 3 aromatic rings. The van der Waals surface area contributed by atoms with E-state index in [-0.39, 0.29) is 17.7 Å². The Bertz CT molecular complexity index is 1070. The number of nitrogens with one attached hydrogen (secondary N) is 1. The number of amides is 2. The molecule has 0 unspecified atom stereocenters. The number of carbonyl (C=O) groups is 2. The summed E-state index contributed by atoms with van der Waals surface area (Å²) in [7, 11) is 1.75. The predicted molar refractivity (Wildman–Crippen MR) is 110 cm³/mol. The average molecular weight is 410 g/mol. The average Bonchev–Trinajstić information content (AvgIpc) is 3.31. The fourth-order valence-electron chi connectivity index (χ4n) is 3.98. The fraction of sp³-hybridized carbons (Fsp3) is 0.476. The van der Waals surface area contributed by atoms with Crippen molar-refractivity contribution in [3.05, 3.63) is 41.0 Å². The number of rotatable bonds is 5. The van der Waals surface area contributed by atoms with Gasteiger partial charge in [0.05, 0.1) is 17.6 Å². The molecule has 2 amide bonds. The summed E-state index contributed by atoms with van der Waals surface area (Å²) in [4.78, 5) is 36.8. The van der Waals surface area contributed by atoms with Gasteiger partial charge in [-0.15, -0.1) is 0 Å². The third-order valence-electron chi connectivity index (χ3n) is 5.68.